The highest BCUT2D eigenvalue weighted by Crippen LogP contribution is 2.19. The van der Waals surface area contributed by atoms with Crippen LogP contribution in [0.2, 0.25) is 0 Å². The van der Waals surface area contributed by atoms with Crippen molar-refractivity contribution in [3.63, 3.8) is 0 Å². The first kappa shape index (κ1) is 17.6. The van der Waals surface area contributed by atoms with Crippen LogP contribution in [0.4, 0.5) is 0 Å². The third-order valence-electron chi connectivity index (χ3n) is 4.44. The van der Waals surface area contributed by atoms with Gasteiger partial charge in [-0.2, -0.15) is 0 Å². The molecular formula is C18H21N3O3S. The van der Waals surface area contributed by atoms with Crippen molar-refractivity contribution in [1.82, 2.24) is 14.6 Å². The predicted molar refractivity (Wildman–Crippen MR) is 94.5 cm³/mol. The minimum Gasteiger partial charge on any atom is -0.339 e. The van der Waals surface area contributed by atoms with Crippen molar-refractivity contribution in [3.05, 3.63) is 60.4 Å². The third-order valence-corrected chi connectivity index (χ3v) is 5.88. The van der Waals surface area contributed by atoms with E-state index < -0.39 is 10.0 Å². The van der Waals surface area contributed by atoms with E-state index in [1.54, 1.807) is 54.9 Å². The summed E-state index contributed by atoms with van der Waals surface area (Å²) < 4.78 is 27.2. The SMILES string of the molecule is O=C(c1ccncc1)N1CCC(CNS(=O)(=O)c2ccccc2)CC1. The molecule has 1 aliphatic heterocycles. The van der Waals surface area contributed by atoms with Crippen molar-refractivity contribution in [2.75, 3.05) is 19.6 Å². The van der Waals surface area contributed by atoms with Gasteiger partial charge >= 0.3 is 0 Å². The summed E-state index contributed by atoms with van der Waals surface area (Å²) in [5, 5.41) is 0. The molecule has 0 spiro atoms. The summed E-state index contributed by atoms with van der Waals surface area (Å²) in [7, 11) is -3.47. The van der Waals surface area contributed by atoms with E-state index in [1.165, 1.54) is 0 Å². The first-order valence-corrected chi connectivity index (χ1v) is 9.78. The summed E-state index contributed by atoms with van der Waals surface area (Å²) in [5.74, 6) is 0.241. The molecule has 1 saturated heterocycles. The molecule has 25 heavy (non-hydrogen) atoms. The Balaban J connectivity index is 1.51. The van der Waals surface area contributed by atoms with Crippen molar-refractivity contribution in [2.24, 2.45) is 5.92 Å². The van der Waals surface area contributed by atoms with Crippen LogP contribution in [-0.4, -0.2) is 43.8 Å². The van der Waals surface area contributed by atoms with Gasteiger partial charge in [0.15, 0.2) is 0 Å². The summed E-state index contributed by atoms with van der Waals surface area (Å²) in [6, 6.07) is 11.8. The Bertz CT molecular complexity index is 802. The van der Waals surface area contributed by atoms with Crippen LogP contribution in [0.3, 0.4) is 0 Å². The zero-order chi connectivity index (χ0) is 17.7. The van der Waals surface area contributed by atoms with Gasteiger partial charge in [-0.1, -0.05) is 18.2 Å². The minimum atomic E-state index is -3.47. The van der Waals surface area contributed by atoms with Crippen LogP contribution in [0, 0.1) is 5.92 Å². The van der Waals surface area contributed by atoms with Gasteiger partial charge in [0.1, 0.15) is 0 Å². The molecule has 7 heteroatoms. The second-order valence-electron chi connectivity index (χ2n) is 6.14. The Hall–Kier alpha value is -2.25. The number of hydrogen-bond donors (Lipinski definition) is 1. The molecule has 0 atom stereocenters. The van der Waals surface area contributed by atoms with E-state index in [1.807, 2.05) is 4.90 Å². The number of hydrogen-bond acceptors (Lipinski definition) is 4. The van der Waals surface area contributed by atoms with Crippen LogP contribution in [0.5, 0.6) is 0 Å². The van der Waals surface area contributed by atoms with E-state index in [-0.39, 0.29) is 16.7 Å². The number of amides is 1. The molecule has 0 unspecified atom stereocenters. The lowest BCUT2D eigenvalue weighted by Gasteiger charge is -2.32. The molecule has 0 saturated carbocycles. The highest BCUT2D eigenvalue weighted by Gasteiger charge is 2.25. The number of pyridine rings is 1. The molecular weight excluding hydrogens is 338 g/mol. The maximum absolute atomic E-state index is 12.4. The zero-order valence-corrected chi connectivity index (χ0v) is 14.7. The van der Waals surface area contributed by atoms with Crippen LogP contribution in [0.15, 0.2) is 59.8 Å². The van der Waals surface area contributed by atoms with Crippen molar-refractivity contribution < 1.29 is 13.2 Å². The molecule has 132 valence electrons. The van der Waals surface area contributed by atoms with E-state index in [9.17, 15) is 13.2 Å². The fraction of sp³-hybridized carbons (Fsp3) is 0.333. The Morgan fingerprint density at radius 2 is 1.72 bits per heavy atom. The predicted octanol–water partition coefficient (Wildman–Crippen LogP) is 1.91. The number of nitrogens with one attached hydrogen (secondary N) is 1. The fourth-order valence-electron chi connectivity index (χ4n) is 2.93. The molecule has 3 rings (SSSR count). The highest BCUT2D eigenvalue weighted by molar-refractivity contribution is 7.89. The zero-order valence-electron chi connectivity index (χ0n) is 13.8. The number of nitrogens with zero attached hydrogens (tertiary/aromatic N) is 2. The number of piperidine rings is 1. The third kappa shape index (κ3) is 4.43. The Morgan fingerprint density at radius 1 is 1.08 bits per heavy atom. The molecule has 1 amide bonds. The van der Waals surface area contributed by atoms with Gasteiger partial charge in [-0.3, -0.25) is 9.78 Å². The summed E-state index contributed by atoms with van der Waals surface area (Å²) in [6.45, 7) is 1.67. The van der Waals surface area contributed by atoms with Crippen LogP contribution >= 0.6 is 0 Å². The fourth-order valence-corrected chi connectivity index (χ4v) is 4.07. The summed E-state index contributed by atoms with van der Waals surface area (Å²) in [4.78, 5) is 18.4. The van der Waals surface area contributed by atoms with Crippen molar-refractivity contribution in [3.8, 4) is 0 Å². The van der Waals surface area contributed by atoms with E-state index in [4.69, 9.17) is 0 Å². The number of rotatable bonds is 5. The lowest BCUT2D eigenvalue weighted by atomic mass is 9.97. The molecule has 0 bridgehead atoms. The van der Waals surface area contributed by atoms with Gasteiger partial charge in [0.05, 0.1) is 4.90 Å². The molecule has 1 aromatic heterocycles. The van der Waals surface area contributed by atoms with Gasteiger partial charge in [-0.05, 0) is 43.0 Å². The molecule has 2 heterocycles. The van der Waals surface area contributed by atoms with Crippen LogP contribution in [0.1, 0.15) is 23.2 Å². The largest absolute Gasteiger partial charge is 0.339 e. The van der Waals surface area contributed by atoms with Crippen LogP contribution in [0.25, 0.3) is 0 Å². The van der Waals surface area contributed by atoms with Crippen molar-refractivity contribution in [1.29, 1.82) is 0 Å². The maximum atomic E-state index is 12.4. The van der Waals surface area contributed by atoms with Crippen LogP contribution in [-0.2, 0) is 10.0 Å². The number of carbonyl (C=O) groups is 1. The monoisotopic (exact) mass is 359 g/mol. The van der Waals surface area contributed by atoms with E-state index in [0.717, 1.165) is 12.8 Å². The maximum Gasteiger partial charge on any atom is 0.253 e. The molecule has 2 aromatic rings. The molecule has 6 nitrogen and oxygen atoms in total. The average Bonchev–Trinajstić information content (AvgIpc) is 2.68. The van der Waals surface area contributed by atoms with Gasteiger partial charge in [0.25, 0.3) is 5.91 Å². The minimum absolute atomic E-state index is 0.00529. The van der Waals surface area contributed by atoms with Gasteiger partial charge in [-0.15, -0.1) is 0 Å². The molecule has 0 aliphatic carbocycles. The second kappa shape index (κ2) is 7.76. The number of aromatic nitrogens is 1. The average molecular weight is 359 g/mol. The standard InChI is InChI=1S/C18H21N3O3S/c22-18(16-6-10-19-11-7-16)21-12-8-15(9-13-21)14-20-25(23,24)17-4-2-1-3-5-17/h1-7,10-11,15,20H,8-9,12-14H2. The molecule has 1 N–H and O–H groups in total. The van der Waals surface area contributed by atoms with E-state index >= 15 is 0 Å². The lowest BCUT2D eigenvalue weighted by molar-refractivity contribution is 0.0692. The van der Waals surface area contributed by atoms with Gasteiger partial charge in [0.2, 0.25) is 10.0 Å². The first-order valence-electron chi connectivity index (χ1n) is 8.30. The van der Waals surface area contributed by atoms with E-state index in [2.05, 4.69) is 9.71 Å². The van der Waals surface area contributed by atoms with Crippen LogP contribution < -0.4 is 4.72 Å². The summed E-state index contributed by atoms with van der Waals surface area (Å²) in [6.07, 6.45) is 4.79. The Morgan fingerprint density at radius 3 is 2.36 bits per heavy atom. The van der Waals surface area contributed by atoms with E-state index in [0.29, 0.717) is 25.2 Å². The molecule has 1 fully saturated rings. The lowest BCUT2D eigenvalue weighted by Crippen LogP contribution is -2.41. The van der Waals surface area contributed by atoms with Gasteiger partial charge in [-0.25, -0.2) is 13.1 Å². The van der Waals surface area contributed by atoms with Gasteiger partial charge in [0, 0.05) is 37.6 Å². The molecule has 0 radical (unpaired) electrons. The molecule has 1 aromatic carbocycles. The summed E-state index contributed by atoms with van der Waals surface area (Å²) in [5.41, 5.74) is 0.637. The highest BCUT2D eigenvalue weighted by atomic mass is 32.2. The van der Waals surface area contributed by atoms with Crippen molar-refractivity contribution >= 4 is 15.9 Å². The summed E-state index contributed by atoms with van der Waals surface area (Å²) >= 11 is 0. The molecule has 1 aliphatic rings. The van der Waals surface area contributed by atoms with Gasteiger partial charge < -0.3 is 4.90 Å². The quantitative estimate of drug-likeness (QED) is 0.884. The number of carbonyl (C=O) groups excluding carboxylic acids is 1. The Labute approximate surface area is 147 Å². The smallest absolute Gasteiger partial charge is 0.253 e. The second-order valence-corrected chi connectivity index (χ2v) is 7.90. The Kier molecular flexibility index (Phi) is 5.45. The number of benzene rings is 1. The van der Waals surface area contributed by atoms with Crippen molar-refractivity contribution in [2.45, 2.75) is 17.7 Å². The number of sulfonamides is 1. The topological polar surface area (TPSA) is 79.4 Å². The number of likely N-dealkylation sites (tertiary alicyclic amines) is 1. The first-order chi connectivity index (χ1) is 12.1. The normalized spacial score (nSPS) is 15.9.